The van der Waals surface area contributed by atoms with Gasteiger partial charge in [0, 0.05) is 34.4 Å². The average Bonchev–Trinajstić information content (AvgIpc) is 3.21. The number of pyridine rings is 1. The number of unbranched alkanes of at least 4 members (excludes halogenated alkanes) is 1. The summed E-state index contributed by atoms with van der Waals surface area (Å²) in [6.45, 7) is 2.19. The molecule has 0 spiro atoms. The van der Waals surface area contributed by atoms with E-state index in [-0.39, 0.29) is 5.91 Å². The molecule has 2 aromatic heterocycles. The molecule has 4 aromatic rings. The van der Waals surface area contributed by atoms with E-state index < -0.39 is 0 Å². The van der Waals surface area contributed by atoms with Gasteiger partial charge in [0.15, 0.2) is 0 Å². The second kappa shape index (κ2) is 9.92. The molecule has 0 saturated heterocycles. The molecule has 6 heteroatoms. The number of nitrogens with zero attached hydrogens (tertiary/aromatic N) is 2. The number of fused-ring (bicyclic) bond motifs is 1. The predicted molar refractivity (Wildman–Crippen MR) is 128 cm³/mol. The van der Waals surface area contributed by atoms with Crippen LogP contribution in [0.15, 0.2) is 72.1 Å². The van der Waals surface area contributed by atoms with E-state index in [2.05, 4.69) is 45.6 Å². The van der Waals surface area contributed by atoms with Crippen LogP contribution in [0.25, 0.3) is 22.2 Å². The van der Waals surface area contributed by atoms with Gasteiger partial charge in [-0.05, 0) is 72.5 Å². The van der Waals surface area contributed by atoms with Crippen molar-refractivity contribution in [1.82, 2.24) is 15.4 Å². The summed E-state index contributed by atoms with van der Waals surface area (Å²) >= 11 is 0. The number of hydrogen-bond donors (Lipinski definition) is 2. The molecule has 4 rings (SSSR count). The second-order valence-corrected chi connectivity index (χ2v) is 7.56. The fraction of sp³-hybridized carbons (Fsp3) is 0.192. The number of amides is 1. The predicted octanol–water partition coefficient (Wildman–Crippen LogP) is 5.35. The minimum absolute atomic E-state index is 0.280. The van der Waals surface area contributed by atoms with Gasteiger partial charge >= 0.3 is 0 Å². The van der Waals surface area contributed by atoms with Crippen LogP contribution < -0.4 is 10.2 Å². The van der Waals surface area contributed by atoms with Gasteiger partial charge in [-0.3, -0.25) is 9.78 Å². The number of rotatable bonds is 8. The summed E-state index contributed by atoms with van der Waals surface area (Å²) in [5.74, 6) is 0.518. The third-order valence-electron chi connectivity index (χ3n) is 5.40. The molecule has 0 radical (unpaired) electrons. The van der Waals surface area contributed by atoms with E-state index in [0.717, 1.165) is 52.7 Å². The normalized spacial score (nSPS) is 11.2. The molecule has 0 saturated carbocycles. The van der Waals surface area contributed by atoms with Crippen molar-refractivity contribution >= 4 is 23.0 Å². The van der Waals surface area contributed by atoms with Crippen molar-refractivity contribution in [3.63, 3.8) is 0 Å². The smallest absolute Gasteiger partial charge is 0.271 e. The number of aromatic amines is 1. The van der Waals surface area contributed by atoms with Gasteiger partial charge in [-0.15, -0.1) is 0 Å². The molecule has 0 unspecified atom stereocenters. The van der Waals surface area contributed by atoms with Gasteiger partial charge in [0.2, 0.25) is 0 Å². The second-order valence-electron chi connectivity index (χ2n) is 7.56. The summed E-state index contributed by atoms with van der Waals surface area (Å²) in [6, 6.07) is 17.7. The number of carbonyl (C=O) groups is 1. The Morgan fingerprint density at radius 2 is 1.91 bits per heavy atom. The lowest BCUT2D eigenvalue weighted by Gasteiger charge is -2.04. The largest absolute Gasteiger partial charge is 0.497 e. The molecule has 0 aliphatic rings. The van der Waals surface area contributed by atoms with Crippen molar-refractivity contribution < 1.29 is 9.53 Å². The van der Waals surface area contributed by atoms with E-state index in [1.807, 2.05) is 24.3 Å². The molecule has 2 N–H and O–H groups in total. The topological polar surface area (TPSA) is 79.4 Å². The Labute approximate surface area is 187 Å². The van der Waals surface area contributed by atoms with Crippen molar-refractivity contribution in [2.75, 3.05) is 7.11 Å². The lowest BCUT2D eigenvalue weighted by molar-refractivity contribution is 0.0955. The quantitative estimate of drug-likeness (QED) is 0.295. The van der Waals surface area contributed by atoms with Crippen LogP contribution in [-0.2, 0) is 6.42 Å². The number of H-pyrrole nitrogens is 1. The van der Waals surface area contributed by atoms with Crippen molar-refractivity contribution in [3.05, 3.63) is 83.7 Å². The summed E-state index contributed by atoms with van der Waals surface area (Å²) in [5.41, 5.74) is 8.32. The minimum atomic E-state index is -0.280. The number of aromatic nitrogens is 2. The van der Waals surface area contributed by atoms with Crippen molar-refractivity contribution in [2.45, 2.75) is 26.2 Å². The summed E-state index contributed by atoms with van der Waals surface area (Å²) in [5, 5.41) is 5.34. The molecule has 0 fully saturated rings. The first kappa shape index (κ1) is 21.3. The zero-order valence-corrected chi connectivity index (χ0v) is 18.3. The van der Waals surface area contributed by atoms with Crippen LogP contribution in [0.3, 0.4) is 0 Å². The highest BCUT2D eigenvalue weighted by Crippen LogP contribution is 2.31. The SMILES string of the molecule is CCCCc1ccc2[nH]c(-c3ccc(OC)cc3)c(/C=N/NC(=O)c3ccncc3)c2c1. The van der Waals surface area contributed by atoms with Crippen molar-refractivity contribution in [1.29, 1.82) is 0 Å². The fourth-order valence-corrected chi connectivity index (χ4v) is 3.64. The van der Waals surface area contributed by atoms with E-state index in [9.17, 15) is 4.79 Å². The first-order valence-electron chi connectivity index (χ1n) is 10.7. The average molecular weight is 427 g/mol. The van der Waals surface area contributed by atoms with Crippen LogP contribution >= 0.6 is 0 Å². The summed E-state index contributed by atoms with van der Waals surface area (Å²) in [7, 11) is 1.65. The van der Waals surface area contributed by atoms with Crippen molar-refractivity contribution in [3.8, 4) is 17.0 Å². The number of benzene rings is 2. The van der Waals surface area contributed by atoms with Crippen LogP contribution in [0.5, 0.6) is 5.75 Å². The Kier molecular flexibility index (Phi) is 6.60. The molecule has 2 heterocycles. The molecule has 0 aliphatic carbocycles. The standard InChI is InChI=1S/C26H26N4O2/c1-3-4-5-18-6-11-24-22(16-18)23(17-28-30-26(31)20-12-14-27-15-13-20)25(29-24)19-7-9-21(32-2)10-8-19/h6-17,29H,3-5H2,1-2H3,(H,30,31)/b28-17+. The van der Waals surface area contributed by atoms with E-state index in [4.69, 9.17) is 4.74 Å². The number of hydrogen-bond acceptors (Lipinski definition) is 4. The first-order chi connectivity index (χ1) is 15.7. The van der Waals surface area contributed by atoms with E-state index >= 15 is 0 Å². The molecule has 0 bridgehead atoms. The van der Waals surface area contributed by atoms with Gasteiger partial charge in [0.1, 0.15) is 5.75 Å². The zero-order chi connectivity index (χ0) is 22.3. The van der Waals surface area contributed by atoms with Gasteiger partial charge in [0.05, 0.1) is 19.0 Å². The van der Waals surface area contributed by atoms with Crippen LogP contribution in [0.1, 0.15) is 41.3 Å². The number of aryl methyl sites for hydroxylation is 1. The first-order valence-corrected chi connectivity index (χ1v) is 10.7. The highest BCUT2D eigenvalue weighted by molar-refractivity contribution is 6.06. The number of ether oxygens (including phenoxy) is 1. The van der Waals surface area contributed by atoms with Crippen molar-refractivity contribution in [2.24, 2.45) is 5.10 Å². The van der Waals surface area contributed by atoms with Gasteiger partial charge in [-0.25, -0.2) is 5.43 Å². The number of carbonyl (C=O) groups excluding carboxylic acids is 1. The van der Waals surface area contributed by atoms with Gasteiger partial charge in [-0.1, -0.05) is 19.4 Å². The summed E-state index contributed by atoms with van der Waals surface area (Å²) in [4.78, 5) is 19.8. The molecule has 1 amide bonds. The summed E-state index contributed by atoms with van der Waals surface area (Å²) < 4.78 is 5.29. The lowest BCUT2D eigenvalue weighted by Crippen LogP contribution is -2.17. The Morgan fingerprint density at radius 1 is 1.12 bits per heavy atom. The van der Waals surface area contributed by atoms with Gasteiger partial charge in [0.25, 0.3) is 5.91 Å². The Morgan fingerprint density at radius 3 is 2.62 bits per heavy atom. The number of methoxy groups -OCH3 is 1. The van der Waals surface area contributed by atoms with E-state index in [0.29, 0.717) is 5.56 Å². The molecular weight excluding hydrogens is 400 g/mol. The Hall–Kier alpha value is -3.93. The monoisotopic (exact) mass is 426 g/mol. The fourth-order valence-electron chi connectivity index (χ4n) is 3.64. The van der Waals surface area contributed by atoms with Crippen LogP contribution in [0.4, 0.5) is 0 Å². The van der Waals surface area contributed by atoms with Crippen LogP contribution in [0, 0.1) is 0 Å². The Balaban J connectivity index is 1.71. The van der Waals surface area contributed by atoms with Gasteiger partial charge < -0.3 is 9.72 Å². The van der Waals surface area contributed by atoms with Crippen LogP contribution in [0.2, 0.25) is 0 Å². The number of hydrazone groups is 1. The maximum absolute atomic E-state index is 12.4. The third-order valence-corrected chi connectivity index (χ3v) is 5.40. The lowest BCUT2D eigenvalue weighted by atomic mass is 10.0. The highest BCUT2D eigenvalue weighted by Gasteiger charge is 2.13. The summed E-state index contributed by atoms with van der Waals surface area (Å²) in [6.07, 6.45) is 8.20. The Bertz CT molecular complexity index is 1230. The van der Waals surface area contributed by atoms with Gasteiger partial charge in [-0.2, -0.15) is 5.10 Å². The molecular formula is C26H26N4O2. The molecule has 6 nitrogen and oxygen atoms in total. The maximum Gasteiger partial charge on any atom is 0.271 e. The minimum Gasteiger partial charge on any atom is -0.497 e. The van der Waals surface area contributed by atoms with Crippen LogP contribution in [-0.4, -0.2) is 29.2 Å². The molecule has 0 aliphatic heterocycles. The molecule has 2 aromatic carbocycles. The van der Waals surface area contributed by atoms with E-state index in [1.165, 1.54) is 5.56 Å². The zero-order valence-electron chi connectivity index (χ0n) is 18.3. The van der Waals surface area contributed by atoms with E-state index in [1.54, 1.807) is 37.9 Å². The molecule has 162 valence electrons. The molecule has 0 atom stereocenters. The number of nitrogens with one attached hydrogen (secondary N) is 2. The maximum atomic E-state index is 12.4. The highest BCUT2D eigenvalue weighted by atomic mass is 16.5. The third kappa shape index (κ3) is 4.70. The molecule has 32 heavy (non-hydrogen) atoms.